The summed E-state index contributed by atoms with van der Waals surface area (Å²) in [5.74, 6) is 0. The maximum absolute atomic E-state index is 9.26. The molecule has 122 valence electrons. The van der Waals surface area contributed by atoms with Crippen molar-refractivity contribution in [1.82, 2.24) is 0 Å². The lowest BCUT2D eigenvalue weighted by Gasteiger charge is -2.30. The Balaban J connectivity index is 3.62. The van der Waals surface area contributed by atoms with Crippen LogP contribution in [-0.4, -0.2) is 10.9 Å². The summed E-state index contributed by atoms with van der Waals surface area (Å²) in [4.78, 5) is 4.89. The largest absolute Gasteiger partial charge is 0.251 e. The lowest BCUT2D eigenvalue weighted by atomic mass is 9.87. The van der Waals surface area contributed by atoms with E-state index in [1.165, 1.54) is 57.8 Å². The van der Waals surface area contributed by atoms with Gasteiger partial charge in [-0.25, -0.2) is 4.89 Å². The van der Waals surface area contributed by atoms with E-state index in [-0.39, 0.29) is 5.60 Å². The Morgan fingerprint density at radius 2 is 1.05 bits per heavy atom. The van der Waals surface area contributed by atoms with Crippen LogP contribution in [0.3, 0.4) is 0 Å². The van der Waals surface area contributed by atoms with E-state index < -0.39 is 0 Å². The third-order valence-electron chi connectivity index (χ3n) is 4.34. The highest BCUT2D eigenvalue weighted by Crippen LogP contribution is 2.29. The van der Waals surface area contributed by atoms with Crippen LogP contribution in [0, 0.1) is 0 Å². The molecule has 0 rings (SSSR count). The van der Waals surface area contributed by atoms with Gasteiger partial charge in [-0.3, -0.25) is 5.26 Å². The predicted octanol–water partition coefficient (Wildman–Crippen LogP) is 6.74. The molecule has 0 saturated carbocycles. The van der Waals surface area contributed by atoms with E-state index in [2.05, 4.69) is 20.8 Å². The van der Waals surface area contributed by atoms with Crippen LogP contribution in [0.15, 0.2) is 0 Å². The Labute approximate surface area is 127 Å². The van der Waals surface area contributed by atoms with Crippen molar-refractivity contribution in [3.8, 4) is 0 Å². The monoisotopic (exact) mass is 286 g/mol. The second-order valence-electron chi connectivity index (χ2n) is 6.35. The molecule has 0 fully saturated rings. The average molecular weight is 286 g/mol. The number of rotatable bonds is 15. The second kappa shape index (κ2) is 13.9. The van der Waals surface area contributed by atoms with Crippen LogP contribution in [0.5, 0.6) is 0 Å². The fourth-order valence-corrected chi connectivity index (χ4v) is 3.18. The first kappa shape index (κ1) is 19.9. The van der Waals surface area contributed by atoms with Crippen LogP contribution in [0.4, 0.5) is 0 Å². The minimum atomic E-state index is -0.259. The first-order chi connectivity index (χ1) is 9.74. The maximum Gasteiger partial charge on any atom is 0.103 e. The molecule has 0 atom stereocenters. The maximum atomic E-state index is 9.26. The van der Waals surface area contributed by atoms with Gasteiger partial charge in [0, 0.05) is 0 Å². The van der Waals surface area contributed by atoms with Gasteiger partial charge in [0.15, 0.2) is 0 Å². The van der Waals surface area contributed by atoms with Gasteiger partial charge in [-0.05, 0) is 19.3 Å². The van der Waals surface area contributed by atoms with Crippen LogP contribution in [0.1, 0.15) is 111 Å². The molecule has 0 heterocycles. The molecule has 0 aromatic rings. The van der Waals surface area contributed by atoms with Gasteiger partial charge in [0.05, 0.1) is 0 Å². The van der Waals surface area contributed by atoms with Crippen LogP contribution in [0.25, 0.3) is 0 Å². The van der Waals surface area contributed by atoms with Gasteiger partial charge in [-0.2, -0.15) is 0 Å². The first-order valence-corrected chi connectivity index (χ1v) is 9.07. The molecule has 0 radical (unpaired) electrons. The number of unbranched alkanes of at least 4 members (excludes halogenated alkanes) is 8. The van der Waals surface area contributed by atoms with Gasteiger partial charge >= 0.3 is 0 Å². The van der Waals surface area contributed by atoms with Crippen LogP contribution in [0.2, 0.25) is 0 Å². The molecule has 0 saturated heterocycles. The highest BCUT2D eigenvalue weighted by molar-refractivity contribution is 4.78. The van der Waals surface area contributed by atoms with Crippen LogP contribution in [-0.2, 0) is 4.89 Å². The van der Waals surface area contributed by atoms with Gasteiger partial charge in [0.1, 0.15) is 5.60 Å². The van der Waals surface area contributed by atoms with Crippen molar-refractivity contribution in [3.05, 3.63) is 0 Å². The van der Waals surface area contributed by atoms with Gasteiger partial charge in [-0.1, -0.05) is 91.4 Å². The summed E-state index contributed by atoms with van der Waals surface area (Å²) in [7, 11) is 0. The second-order valence-corrected chi connectivity index (χ2v) is 6.35. The van der Waals surface area contributed by atoms with E-state index in [1.807, 2.05) is 0 Å². The van der Waals surface area contributed by atoms with E-state index in [4.69, 9.17) is 4.89 Å². The fraction of sp³-hybridized carbons (Fsp3) is 1.00. The zero-order valence-corrected chi connectivity index (χ0v) is 14.3. The van der Waals surface area contributed by atoms with E-state index in [1.54, 1.807) is 0 Å². The van der Waals surface area contributed by atoms with Gasteiger partial charge in [0.25, 0.3) is 0 Å². The topological polar surface area (TPSA) is 29.5 Å². The minimum absolute atomic E-state index is 0.259. The number of hydrogen-bond donors (Lipinski definition) is 1. The normalized spacial score (nSPS) is 12.0. The summed E-state index contributed by atoms with van der Waals surface area (Å²) in [6.07, 6.45) is 17.3. The fourth-order valence-electron chi connectivity index (χ4n) is 3.18. The quantitative estimate of drug-likeness (QED) is 0.205. The molecule has 2 heteroatoms. The Bertz CT molecular complexity index is 186. The summed E-state index contributed by atoms with van der Waals surface area (Å²) in [6.45, 7) is 6.60. The van der Waals surface area contributed by atoms with Crippen molar-refractivity contribution in [1.29, 1.82) is 0 Å². The SMILES string of the molecule is CCCCCCCCCCCC(CCC)(CCC)OO. The lowest BCUT2D eigenvalue weighted by molar-refractivity contribution is -0.329. The van der Waals surface area contributed by atoms with Gasteiger partial charge in [0.2, 0.25) is 0 Å². The summed E-state index contributed by atoms with van der Waals surface area (Å²) in [5, 5.41) is 9.26. The van der Waals surface area contributed by atoms with E-state index in [0.29, 0.717) is 0 Å². The third-order valence-corrected chi connectivity index (χ3v) is 4.34. The highest BCUT2D eigenvalue weighted by atomic mass is 17.1. The van der Waals surface area contributed by atoms with Gasteiger partial charge in [-0.15, -0.1) is 0 Å². The molecule has 0 aliphatic rings. The Morgan fingerprint density at radius 1 is 0.600 bits per heavy atom. The van der Waals surface area contributed by atoms with Crippen molar-refractivity contribution in [2.75, 3.05) is 0 Å². The molecule has 0 aliphatic heterocycles. The molecule has 0 aliphatic carbocycles. The zero-order valence-electron chi connectivity index (χ0n) is 14.3. The van der Waals surface area contributed by atoms with Crippen LogP contribution >= 0.6 is 0 Å². The molecule has 0 unspecified atom stereocenters. The van der Waals surface area contributed by atoms with Crippen molar-refractivity contribution in [2.24, 2.45) is 0 Å². The molecule has 0 bridgehead atoms. The molecule has 1 N–H and O–H groups in total. The summed E-state index contributed by atoms with van der Waals surface area (Å²) >= 11 is 0. The Morgan fingerprint density at radius 3 is 1.45 bits per heavy atom. The van der Waals surface area contributed by atoms with E-state index in [0.717, 1.165) is 32.1 Å². The van der Waals surface area contributed by atoms with Crippen molar-refractivity contribution in [3.63, 3.8) is 0 Å². The van der Waals surface area contributed by atoms with Crippen molar-refractivity contribution >= 4 is 0 Å². The number of hydrogen-bond acceptors (Lipinski definition) is 2. The third kappa shape index (κ3) is 9.77. The highest BCUT2D eigenvalue weighted by Gasteiger charge is 2.29. The molecule has 0 aromatic carbocycles. The molecule has 0 aromatic heterocycles. The zero-order chi connectivity index (χ0) is 15.1. The summed E-state index contributed by atoms with van der Waals surface area (Å²) in [6, 6.07) is 0. The standard InChI is InChI=1S/C18H38O2/c1-4-7-8-9-10-11-12-13-14-17-18(20-19,15-5-2)16-6-3/h19H,4-17H2,1-3H3. The minimum Gasteiger partial charge on any atom is -0.251 e. The molecule has 0 spiro atoms. The predicted molar refractivity (Wildman–Crippen MR) is 88.1 cm³/mol. The molecule has 20 heavy (non-hydrogen) atoms. The molecular formula is C18H38O2. The van der Waals surface area contributed by atoms with E-state index >= 15 is 0 Å². The van der Waals surface area contributed by atoms with Crippen LogP contribution < -0.4 is 0 Å². The van der Waals surface area contributed by atoms with E-state index in [9.17, 15) is 5.26 Å². The molecule has 0 amide bonds. The lowest BCUT2D eigenvalue weighted by Crippen LogP contribution is -2.31. The van der Waals surface area contributed by atoms with Crippen molar-refractivity contribution in [2.45, 2.75) is 116 Å². The molecule has 2 nitrogen and oxygen atoms in total. The summed E-state index contributed by atoms with van der Waals surface area (Å²) < 4.78 is 0. The Kier molecular flexibility index (Phi) is 13.8. The molecular weight excluding hydrogens is 248 g/mol. The van der Waals surface area contributed by atoms with Crippen molar-refractivity contribution < 1.29 is 10.1 Å². The summed E-state index contributed by atoms with van der Waals surface area (Å²) in [5.41, 5.74) is -0.259. The van der Waals surface area contributed by atoms with Gasteiger partial charge < -0.3 is 0 Å². The average Bonchev–Trinajstić information content (AvgIpc) is 2.46. The Hall–Kier alpha value is -0.0800. The first-order valence-electron chi connectivity index (χ1n) is 9.07. The smallest absolute Gasteiger partial charge is 0.103 e.